The van der Waals surface area contributed by atoms with Crippen molar-refractivity contribution in [1.29, 1.82) is 0 Å². The van der Waals surface area contributed by atoms with Gasteiger partial charge in [-0.15, -0.1) is 0 Å². The number of ketones is 2. The molecule has 13 nitrogen and oxygen atoms in total. The highest BCUT2D eigenvalue weighted by Gasteiger charge is 2.63. The highest BCUT2D eigenvalue weighted by molar-refractivity contribution is 6.07. The van der Waals surface area contributed by atoms with Gasteiger partial charge in [0.25, 0.3) is 5.67 Å². The maximum atomic E-state index is 16.9. The van der Waals surface area contributed by atoms with Crippen molar-refractivity contribution in [2.24, 2.45) is 29.1 Å². The Labute approximate surface area is 336 Å². The summed E-state index contributed by atoms with van der Waals surface area (Å²) in [6.07, 6.45) is 0.390. The van der Waals surface area contributed by atoms with Crippen molar-refractivity contribution in [2.75, 3.05) is 6.54 Å². The number of carbonyl (C=O) groups is 4. The molecule has 1 N–H and O–H groups in total. The van der Waals surface area contributed by atoms with Gasteiger partial charge in [0.15, 0.2) is 23.3 Å². The van der Waals surface area contributed by atoms with E-state index in [1.807, 2.05) is 51.3 Å². The van der Waals surface area contributed by atoms with Gasteiger partial charge in [-0.3, -0.25) is 9.59 Å². The molecule has 5 rings (SSSR count). The zero-order valence-electron chi connectivity index (χ0n) is 35.9. The quantitative estimate of drug-likeness (QED) is 0.206. The van der Waals surface area contributed by atoms with Crippen LogP contribution < -0.4 is 0 Å². The number of aliphatic hydroxyl groups excluding tert-OH is 1. The Morgan fingerprint density at radius 2 is 1.72 bits per heavy atom. The number of nitrogens with zero attached hydrogens (tertiary/aromatic N) is 4. The van der Waals surface area contributed by atoms with Gasteiger partial charge in [0.2, 0.25) is 0 Å². The fourth-order valence-corrected chi connectivity index (χ4v) is 10.0. The van der Waals surface area contributed by atoms with Crippen LogP contribution >= 0.6 is 0 Å². The first-order valence-corrected chi connectivity index (χ1v) is 20.8. The van der Waals surface area contributed by atoms with Crippen LogP contribution in [0.25, 0.3) is 11.2 Å². The lowest BCUT2D eigenvalue weighted by molar-refractivity contribution is -0.284. The van der Waals surface area contributed by atoms with E-state index in [-0.39, 0.29) is 43.6 Å². The molecule has 0 radical (unpaired) electrons. The molecule has 3 saturated heterocycles. The molecule has 12 atom stereocenters. The number of imidazole rings is 1. The van der Waals surface area contributed by atoms with E-state index in [0.717, 1.165) is 18.1 Å². The number of esters is 1. The van der Waals surface area contributed by atoms with Gasteiger partial charge in [0.1, 0.15) is 23.5 Å². The second-order valence-electron chi connectivity index (χ2n) is 18.5. The molecule has 1 amide bonds. The maximum absolute atomic E-state index is 16.9. The van der Waals surface area contributed by atoms with E-state index in [0.29, 0.717) is 19.3 Å². The summed E-state index contributed by atoms with van der Waals surface area (Å²) in [5, 5.41) is 11.1. The molecule has 14 heteroatoms. The van der Waals surface area contributed by atoms with Gasteiger partial charge in [-0.05, 0) is 89.7 Å². The third-order valence-electron chi connectivity index (χ3n) is 13.1. The number of rotatable bonds is 9. The first kappa shape index (κ1) is 44.6. The van der Waals surface area contributed by atoms with Gasteiger partial charge in [-0.1, -0.05) is 55.4 Å². The van der Waals surface area contributed by atoms with Gasteiger partial charge < -0.3 is 33.5 Å². The van der Waals surface area contributed by atoms with Crippen LogP contribution in [-0.4, -0.2) is 103 Å². The molecule has 5 heterocycles. The normalized spacial score (nSPS) is 37.1. The zero-order chi connectivity index (χ0) is 42.4. The summed E-state index contributed by atoms with van der Waals surface area (Å²) in [7, 11) is 0. The molecule has 318 valence electrons. The van der Waals surface area contributed by atoms with Crippen LogP contribution in [0.4, 0.5) is 9.18 Å². The molecule has 0 saturated carbocycles. The summed E-state index contributed by atoms with van der Waals surface area (Å²) in [5.41, 5.74) is -4.53. The van der Waals surface area contributed by atoms with E-state index in [4.69, 9.17) is 18.9 Å². The lowest BCUT2D eigenvalue weighted by atomic mass is 9.68. The second kappa shape index (κ2) is 16.6. The molecule has 0 aromatic carbocycles. The van der Waals surface area contributed by atoms with Crippen LogP contribution in [0, 0.1) is 29.1 Å². The van der Waals surface area contributed by atoms with Crippen LogP contribution in [0.15, 0.2) is 24.7 Å². The van der Waals surface area contributed by atoms with Crippen molar-refractivity contribution in [3.63, 3.8) is 0 Å². The van der Waals surface area contributed by atoms with Crippen molar-refractivity contribution in [3.8, 4) is 0 Å². The SMILES string of the molecule is CC[C@H]1OC(=O)[C@@](C)(F)C(=O)[C@H](C)[C@@H](O[C@@H]2O[C@H](C)C[C@H](C)[C@H]2O)C(C)(C)C[C@@H](C)C(=O)[C@H](C)[C@H]2N(CCCC(C)(C)n3cnc4cccnc43)C(=O)O[C@]12CC. The minimum Gasteiger partial charge on any atom is -0.455 e. The molecule has 0 bridgehead atoms. The lowest BCUT2D eigenvalue weighted by Crippen LogP contribution is -2.60. The number of pyridine rings is 1. The highest BCUT2D eigenvalue weighted by atomic mass is 19.1. The molecule has 3 aliphatic heterocycles. The van der Waals surface area contributed by atoms with Gasteiger partial charge >= 0.3 is 12.1 Å². The van der Waals surface area contributed by atoms with Gasteiger partial charge in [-0.25, -0.2) is 23.9 Å². The van der Waals surface area contributed by atoms with Crippen LogP contribution in [0.2, 0.25) is 0 Å². The Morgan fingerprint density at radius 1 is 1.04 bits per heavy atom. The summed E-state index contributed by atoms with van der Waals surface area (Å²) < 4.78 is 43.6. The molecule has 2 aromatic heterocycles. The average Bonchev–Trinajstić information content (AvgIpc) is 3.72. The Hall–Kier alpha value is -3.49. The Bertz CT molecular complexity index is 1800. The fourth-order valence-electron chi connectivity index (χ4n) is 10.0. The van der Waals surface area contributed by atoms with E-state index in [1.54, 1.807) is 38.2 Å². The number of hydrogen-bond acceptors (Lipinski definition) is 11. The topological polar surface area (TPSA) is 159 Å². The molecule has 2 aromatic rings. The minimum atomic E-state index is -3.11. The van der Waals surface area contributed by atoms with Gasteiger partial charge in [0, 0.05) is 36.0 Å². The number of alkyl halides is 1. The van der Waals surface area contributed by atoms with Gasteiger partial charge in [0.05, 0.1) is 24.6 Å². The van der Waals surface area contributed by atoms with Crippen molar-refractivity contribution < 1.29 is 47.6 Å². The monoisotopic (exact) mass is 800 g/mol. The van der Waals surface area contributed by atoms with Gasteiger partial charge in [-0.2, -0.15) is 0 Å². The predicted octanol–water partition coefficient (Wildman–Crippen LogP) is 6.96. The largest absolute Gasteiger partial charge is 0.455 e. The van der Waals surface area contributed by atoms with E-state index < -0.39 is 88.5 Å². The van der Waals surface area contributed by atoms with E-state index >= 15 is 4.39 Å². The number of aromatic nitrogens is 3. The van der Waals surface area contributed by atoms with Crippen LogP contribution in [0.1, 0.15) is 122 Å². The second-order valence-corrected chi connectivity index (χ2v) is 18.5. The summed E-state index contributed by atoms with van der Waals surface area (Å²) in [4.78, 5) is 67.6. The number of hydrogen-bond donors (Lipinski definition) is 1. The van der Waals surface area contributed by atoms with Crippen molar-refractivity contribution in [2.45, 2.75) is 175 Å². The van der Waals surface area contributed by atoms with Crippen molar-refractivity contribution in [3.05, 3.63) is 24.7 Å². The summed E-state index contributed by atoms with van der Waals surface area (Å²) in [6.45, 7) is 21.3. The Kier molecular flexibility index (Phi) is 13.0. The van der Waals surface area contributed by atoms with Crippen molar-refractivity contribution in [1.82, 2.24) is 19.4 Å². The van der Waals surface area contributed by atoms with Crippen LogP contribution in [0.5, 0.6) is 0 Å². The van der Waals surface area contributed by atoms with Crippen LogP contribution in [0.3, 0.4) is 0 Å². The standard InChI is InChI=1S/C43H65FN4O9/c1-13-30-43(14-2)33(47(39(53)57-43)20-16-18-41(10,11)48-23-46-29-17-15-19-45-36(29)48)27(6)31(49)25(4)22-40(8,9)35(28(7)34(51)42(12,44)38(52)55-30)56-37-32(50)24(3)21-26(5)54-37/h15,17,19,23-28,30,32-33,35,37,50H,13-14,16,18,20-22H2,1-12H3/t24-,25+,26+,27-,28-,30+,32+,33+,35+,37-,42-,43+/m0/s1. The van der Waals surface area contributed by atoms with E-state index in [1.165, 1.54) is 6.92 Å². The number of carbonyl (C=O) groups excluding carboxylic acids is 4. The summed E-state index contributed by atoms with van der Waals surface area (Å²) >= 11 is 0. The fraction of sp³-hybridized carbons (Fsp3) is 0.767. The molecule has 0 unspecified atom stereocenters. The number of ether oxygens (including phenoxy) is 4. The van der Waals surface area contributed by atoms with Crippen LogP contribution in [-0.2, 0) is 38.9 Å². The third kappa shape index (κ3) is 8.37. The number of fused-ring (bicyclic) bond motifs is 2. The smallest absolute Gasteiger partial charge is 0.410 e. The number of Topliss-reactive ketones (excluding diaryl/α,β-unsaturated/α-hetero) is 2. The predicted molar refractivity (Wildman–Crippen MR) is 211 cm³/mol. The Balaban J connectivity index is 1.52. The molecule has 3 aliphatic rings. The number of cyclic esters (lactones) is 1. The maximum Gasteiger partial charge on any atom is 0.410 e. The lowest BCUT2D eigenvalue weighted by Gasteiger charge is -2.46. The molecular formula is C43H65FN4O9. The number of halogens is 1. The van der Waals surface area contributed by atoms with E-state index in [2.05, 4.69) is 23.8 Å². The summed E-state index contributed by atoms with van der Waals surface area (Å²) in [5.74, 6) is -5.43. The molecule has 3 fully saturated rings. The third-order valence-corrected chi connectivity index (χ3v) is 13.1. The number of aliphatic hydroxyl groups is 1. The number of amides is 1. The first-order chi connectivity index (χ1) is 26.5. The molecule has 57 heavy (non-hydrogen) atoms. The Morgan fingerprint density at radius 3 is 2.37 bits per heavy atom. The first-order valence-electron chi connectivity index (χ1n) is 20.8. The average molecular weight is 801 g/mol. The molecular weight excluding hydrogens is 735 g/mol. The zero-order valence-corrected chi connectivity index (χ0v) is 35.9. The minimum absolute atomic E-state index is 0.118. The van der Waals surface area contributed by atoms with Crippen molar-refractivity contribution >= 4 is 34.8 Å². The highest BCUT2D eigenvalue weighted by Crippen LogP contribution is 2.46. The van der Waals surface area contributed by atoms with E-state index in [9.17, 15) is 24.3 Å². The summed E-state index contributed by atoms with van der Waals surface area (Å²) in [6, 6.07) is 2.85. The molecule has 0 spiro atoms. The molecule has 0 aliphatic carbocycles.